The van der Waals surface area contributed by atoms with Crippen LogP contribution in [0.4, 0.5) is 0 Å². The Balaban J connectivity index is 1.59. The van der Waals surface area contributed by atoms with E-state index in [9.17, 15) is 9.59 Å². The van der Waals surface area contributed by atoms with Crippen LogP contribution in [0, 0.1) is 0 Å². The quantitative estimate of drug-likeness (QED) is 0.502. The molecular weight excluding hydrogens is 366 g/mol. The van der Waals surface area contributed by atoms with E-state index in [4.69, 9.17) is 20.8 Å². The van der Waals surface area contributed by atoms with Gasteiger partial charge in [0, 0.05) is 23.5 Å². The van der Waals surface area contributed by atoms with Gasteiger partial charge in [0.1, 0.15) is 23.6 Å². The highest BCUT2D eigenvalue weighted by atomic mass is 35.5. The summed E-state index contributed by atoms with van der Waals surface area (Å²) in [7, 11) is 0. The maximum atomic E-state index is 12.1. The van der Waals surface area contributed by atoms with Crippen molar-refractivity contribution in [2.24, 2.45) is 0 Å². The molecule has 3 aromatic rings. The molecule has 1 aromatic heterocycles. The summed E-state index contributed by atoms with van der Waals surface area (Å²) in [4.78, 5) is 25.9. The van der Waals surface area contributed by atoms with Crippen molar-refractivity contribution in [3.63, 3.8) is 0 Å². The number of ether oxygens (including phenoxy) is 1. The van der Waals surface area contributed by atoms with E-state index in [1.807, 2.05) is 36.4 Å². The molecule has 0 saturated heterocycles. The van der Waals surface area contributed by atoms with Crippen LogP contribution < -0.4 is 10.4 Å². The largest absolute Gasteiger partial charge is 0.478 e. The lowest BCUT2D eigenvalue weighted by Gasteiger charge is -2.29. The molecule has 0 bridgehead atoms. The lowest BCUT2D eigenvalue weighted by Crippen LogP contribution is -2.33. The minimum atomic E-state index is -0.610. The Morgan fingerprint density at radius 2 is 1.96 bits per heavy atom. The van der Waals surface area contributed by atoms with Crippen molar-refractivity contribution >= 4 is 28.4 Å². The van der Waals surface area contributed by atoms with Crippen molar-refractivity contribution in [1.29, 1.82) is 0 Å². The number of hydrogen-bond donors (Lipinski definition) is 0. The maximum Gasteiger partial charge on any atom is 0.347 e. The Hall–Kier alpha value is -2.63. The van der Waals surface area contributed by atoms with Crippen molar-refractivity contribution in [3.8, 4) is 5.75 Å². The molecule has 2 heterocycles. The fourth-order valence-corrected chi connectivity index (χ4v) is 3.39. The minimum Gasteiger partial charge on any atom is -0.478 e. The third kappa shape index (κ3) is 3.61. The Bertz CT molecular complexity index is 1070. The summed E-state index contributed by atoms with van der Waals surface area (Å²) in [5.74, 6) is 0.410. The summed E-state index contributed by atoms with van der Waals surface area (Å²) in [5.41, 5.74) is 1.97. The van der Waals surface area contributed by atoms with Gasteiger partial charge in [-0.05, 0) is 49.2 Å². The fourth-order valence-electron chi connectivity index (χ4n) is 3.27. The van der Waals surface area contributed by atoms with Crippen molar-refractivity contribution in [2.75, 3.05) is 13.3 Å². The second-order valence-corrected chi connectivity index (χ2v) is 7.10. The molecule has 0 radical (unpaired) electrons. The van der Waals surface area contributed by atoms with Gasteiger partial charge in [0.05, 0.1) is 5.56 Å². The van der Waals surface area contributed by atoms with Crippen LogP contribution in [0.15, 0.2) is 51.7 Å². The van der Waals surface area contributed by atoms with Crippen LogP contribution in [0.1, 0.15) is 28.4 Å². The molecular formula is C21H18ClNO4. The Kier molecular flexibility index (Phi) is 4.72. The molecule has 0 N–H and O–H groups in total. The summed E-state index contributed by atoms with van der Waals surface area (Å²) < 4.78 is 11.3. The molecule has 1 aliphatic rings. The van der Waals surface area contributed by atoms with Gasteiger partial charge in [-0.1, -0.05) is 23.7 Å². The average molecular weight is 384 g/mol. The molecule has 0 atom stereocenters. The second kappa shape index (κ2) is 7.18. The number of ketones is 1. The van der Waals surface area contributed by atoms with Gasteiger partial charge in [-0.2, -0.15) is 0 Å². The topological polar surface area (TPSA) is 59.8 Å². The lowest BCUT2D eigenvalue weighted by molar-refractivity contribution is 0.0967. The standard InChI is InChI=1S/C21H18ClNO4/c1-13(24)17-10-15-4-7-19-18(20(15)27-21(17)25)11-23(12-26-19)9-8-14-2-5-16(22)6-3-14/h2-7,10H,8-9,11-12H2,1H3. The summed E-state index contributed by atoms with van der Waals surface area (Å²) >= 11 is 5.93. The highest BCUT2D eigenvalue weighted by Crippen LogP contribution is 2.32. The van der Waals surface area contributed by atoms with Gasteiger partial charge in [0.25, 0.3) is 0 Å². The molecule has 0 amide bonds. The van der Waals surface area contributed by atoms with Gasteiger partial charge in [0.2, 0.25) is 0 Å². The first kappa shape index (κ1) is 17.8. The molecule has 0 fully saturated rings. The first-order chi connectivity index (χ1) is 13.0. The van der Waals surface area contributed by atoms with Gasteiger partial charge >= 0.3 is 5.63 Å². The number of halogens is 1. The second-order valence-electron chi connectivity index (χ2n) is 6.67. The fraction of sp³-hybridized carbons (Fsp3) is 0.238. The van der Waals surface area contributed by atoms with E-state index >= 15 is 0 Å². The zero-order valence-corrected chi connectivity index (χ0v) is 15.6. The van der Waals surface area contributed by atoms with E-state index < -0.39 is 5.63 Å². The van der Waals surface area contributed by atoms with E-state index in [0.29, 0.717) is 24.6 Å². The molecule has 1 aliphatic heterocycles. The number of Topliss-reactive ketones (excluding diaryl/α,β-unsaturated/α-hetero) is 1. The van der Waals surface area contributed by atoms with Crippen LogP contribution in [0.3, 0.4) is 0 Å². The first-order valence-electron chi connectivity index (χ1n) is 8.71. The molecule has 27 heavy (non-hydrogen) atoms. The van der Waals surface area contributed by atoms with Gasteiger partial charge in [0.15, 0.2) is 5.78 Å². The van der Waals surface area contributed by atoms with Gasteiger partial charge in [-0.15, -0.1) is 0 Å². The molecule has 6 heteroatoms. The number of hydrogen-bond acceptors (Lipinski definition) is 5. The molecule has 0 spiro atoms. The van der Waals surface area contributed by atoms with Crippen LogP contribution in [-0.2, 0) is 13.0 Å². The van der Waals surface area contributed by atoms with Gasteiger partial charge < -0.3 is 9.15 Å². The van der Waals surface area contributed by atoms with Crippen LogP contribution >= 0.6 is 11.6 Å². The molecule has 0 saturated carbocycles. The number of nitrogens with zero attached hydrogens (tertiary/aromatic N) is 1. The number of rotatable bonds is 4. The number of carbonyl (C=O) groups is 1. The average Bonchev–Trinajstić information content (AvgIpc) is 2.66. The Morgan fingerprint density at radius 1 is 1.19 bits per heavy atom. The molecule has 4 rings (SSSR count). The van der Waals surface area contributed by atoms with E-state index in [1.165, 1.54) is 12.5 Å². The van der Waals surface area contributed by atoms with Crippen molar-refractivity contribution < 1.29 is 13.9 Å². The molecule has 5 nitrogen and oxygen atoms in total. The predicted molar refractivity (Wildman–Crippen MR) is 104 cm³/mol. The van der Waals surface area contributed by atoms with E-state index in [2.05, 4.69) is 4.90 Å². The SMILES string of the molecule is CC(=O)c1cc2ccc3c(c2oc1=O)CN(CCc1ccc(Cl)cc1)CO3. The maximum absolute atomic E-state index is 12.1. The number of benzene rings is 2. The zero-order chi connectivity index (χ0) is 19.0. The van der Waals surface area contributed by atoms with Crippen LogP contribution in [0.25, 0.3) is 11.0 Å². The number of carbonyl (C=O) groups excluding carboxylic acids is 1. The first-order valence-corrected chi connectivity index (χ1v) is 9.09. The summed E-state index contributed by atoms with van der Waals surface area (Å²) in [6.45, 7) is 3.25. The monoisotopic (exact) mass is 383 g/mol. The van der Waals surface area contributed by atoms with Crippen molar-refractivity contribution in [2.45, 2.75) is 19.9 Å². The van der Waals surface area contributed by atoms with Crippen LogP contribution in [0.2, 0.25) is 5.02 Å². The number of fused-ring (bicyclic) bond motifs is 3. The minimum absolute atomic E-state index is 0.0683. The third-order valence-electron chi connectivity index (χ3n) is 4.76. The summed E-state index contributed by atoms with van der Waals surface area (Å²) in [6, 6.07) is 13.1. The molecule has 0 unspecified atom stereocenters. The Labute approximate surface area is 161 Å². The zero-order valence-electron chi connectivity index (χ0n) is 14.8. The molecule has 2 aromatic carbocycles. The normalized spacial score (nSPS) is 14.0. The van der Waals surface area contributed by atoms with Gasteiger partial charge in [-0.25, -0.2) is 4.79 Å². The lowest BCUT2D eigenvalue weighted by atomic mass is 10.1. The summed E-state index contributed by atoms with van der Waals surface area (Å²) in [6.07, 6.45) is 0.860. The molecule has 0 aliphatic carbocycles. The van der Waals surface area contributed by atoms with Crippen LogP contribution in [0.5, 0.6) is 5.75 Å². The Morgan fingerprint density at radius 3 is 2.70 bits per heavy atom. The van der Waals surface area contributed by atoms with E-state index in [0.717, 1.165) is 28.9 Å². The highest BCUT2D eigenvalue weighted by molar-refractivity contribution is 6.30. The molecule has 138 valence electrons. The van der Waals surface area contributed by atoms with Crippen molar-refractivity contribution in [3.05, 3.63) is 74.6 Å². The van der Waals surface area contributed by atoms with E-state index in [-0.39, 0.29) is 11.3 Å². The predicted octanol–water partition coefficient (Wildman–Crippen LogP) is 4.04. The van der Waals surface area contributed by atoms with E-state index in [1.54, 1.807) is 6.07 Å². The van der Waals surface area contributed by atoms with Crippen molar-refractivity contribution in [1.82, 2.24) is 4.90 Å². The summed E-state index contributed by atoms with van der Waals surface area (Å²) in [5, 5.41) is 1.45. The van der Waals surface area contributed by atoms with Crippen LogP contribution in [-0.4, -0.2) is 24.0 Å². The third-order valence-corrected chi connectivity index (χ3v) is 5.01. The highest BCUT2D eigenvalue weighted by Gasteiger charge is 2.22. The van der Waals surface area contributed by atoms with Gasteiger partial charge in [-0.3, -0.25) is 9.69 Å². The smallest absolute Gasteiger partial charge is 0.347 e.